The molecular weight excluding hydrogens is 438 g/mol. The summed E-state index contributed by atoms with van der Waals surface area (Å²) in [7, 11) is -4.21. The maximum atomic E-state index is 13.8. The third kappa shape index (κ3) is 4.57. The highest BCUT2D eigenvalue weighted by molar-refractivity contribution is 7.92. The van der Waals surface area contributed by atoms with E-state index in [2.05, 4.69) is 25.3 Å². The molecule has 0 fully saturated rings. The van der Waals surface area contributed by atoms with Crippen LogP contribution in [0.5, 0.6) is 0 Å². The molecule has 0 saturated heterocycles. The molecule has 0 bridgehead atoms. The van der Waals surface area contributed by atoms with Crippen LogP contribution < -0.4 is 10.0 Å². The number of sulfonamides is 1. The molecule has 164 valence electrons. The van der Waals surface area contributed by atoms with E-state index in [1.807, 2.05) is 19.9 Å². The first-order chi connectivity index (χ1) is 15.2. The first kappa shape index (κ1) is 21.4. The van der Waals surface area contributed by atoms with E-state index in [0.717, 1.165) is 23.5 Å². The number of halogens is 2. The minimum atomic E-state index is -4.21. The van der Waals surface area contributed by atoms with E-state index in [4.69, 9.17) is 0 Å². The molecule has 0 unspecified atom stereocenters. The Morgan fingerprint density at radius 3 is 2.19 bits per heavy atom. The van der Waals surface area contributed by atoms with Gasteiger partial charge in [0, 0.05) is 23.1 Å². The second kappa shape index (κ2) is 8.35. The van der Waals surface area contributed by atoms with Gasteiger partial charge in [0.25, 0.3) is 10.0 Å². The highest BCUT2D eigenvalue weighted by Gasteiger charge is 2.19. The van der Waals surface area contributed by atoms with Gasteiger partial charge >= 0.3 is 0 Å². The van der Waals surface area contributed by atoms with Crippen molar-refractivity contribution in [2.75, 3.05) is 10.0 Å². The molecule has 32 heavy (non-hydrogen) atoms. The maximum Gasteiger partial charge on any atom is 0.264 e. The number of hydrogen-bond acceptors (Lipinski definition) is 6. The largest absolute Gasteiger partial charge is 0.339 e. The van der Waals surface area contributed by atoms with Crippen LogP contribution in [0.4, 0.5) is 26.0 Å². The average Bonchev–Trinajstić information content (AvgIpc) is 3.07. The maximum absolute atomic E-state index is 13.8. The van der Waals surface area contributed by atoms with Crippen LogP contribution in [0.3, 0.4) is 0 Å². The summed E-state index contributed by atoms with van der Waals surface area (Å²) in [4.78, 5) is -0.640. The topological polar surface area (TPSA) is 102 Å². The van der Waals surface area contributed by atoms with Gasteiger partial charge in [0.15, 0.2) is 11.6 Å². The molecule has 0 spiro atoms. The first-order valence-electron chi connectivity index (χ1n) is 9.44. The Morgan fingerprint density at radius 2 is 1.59 bits per heavy atom. The number of nitrogens with one attached hydrogen (secondary N) is 2. The van der Waals surface area contributed by atoms with Crippen LogP contribution in [-0.2, 0) is 10.0 Å². The standard InChI is InChI=1S/C21H18F2N6O2S/c1-13-11-14(2)29(27-13)21-10-9-20(25-26-21)24-16-4-6-17(7-5-16)28-32(30,31)19-8-3-15(22)12-18(19)23/h3-12,28H,1-2H3,(H,24,25). The van der Waals surface area contributed by atoms with Gasteiger partial charge in [-0.25, -0.2) is 21.9 Å². The smallest absolute Gasteiger partial charge is 0.264 e. The molecule has 4 aromatic rings. The van der Waals surface area contributed by atoms with E-state index < -0.39 is 26.6 Å². The van der Waals surface area contributed by atoms with Gasteiger partial charge in [-0.15, -0.1) is 10.2 Å². The number of anilines is 3. The molecule has 0 atom stereocenters. The van der Waals surface area contributed by atoms with Crippen LogP contribution >= 0.6 is 0 Å². The third-order valence-corrected chi connectivity index (χ3v) is 5.88. The fourth-order valence-corrected chi connectivity index (χ4v) is 4.16. The number of nitrogens with zero attached hydrogens (tertiary/aromatic N) is 4. The number of benzene rings is 2. The Morgan fingerprint density at radius 1 is 0.875 bits per heavy atom. The summed E-state index contributed by atoms with van der Waals surface area (Å²) in [6.45, 7) is 3.82. The predicted octanol–water partition coefficient (Wildman–Crippen LogP) is 4.10. The molecule has 2 N–H and O–H groups in total. The SMILES string of the molecule is Cc1cc(C)n(-c2ccc(Nc3ccc(NS(=O)(=O)c4ccc(F)cc4F)cc3)nn2)n1. The Kier molecular flexibility index (Phi) is 5.57. The summed E-state index contributed by atoms with van der Waals surface area (Å²) < 4.78 is 55.6. The number of hydrogen-bond donors (Lipinski definition) is 2. The molecule has 0 aliphatic rings. The van der Waals surface area contributed by atoms with Gasteiger partial charge in [0.1, 0.15) is 16.5 Å². The number of aryl methyl sites for hydroxylation is 2. The summed E-state index contributed by atoms with van der Waals surface area (Å²) in [5, 5.41) is 15.7. The highest BCUT2D eigenvalue weighted by Crippen LogP contribution is 2.22. The lowest BCUT2D eigenvalue weighted by Crippen LogP contribution is -2.14. The van der Waals surface area contributed by atoms with Crippen molar-refractivity contribution in [3.8, 4) is 5.82 Å². The minimum Gasteiger partial charge on any atom is -0.339 e. The van der Waals surface area contributed by atoms with Crippen LogP contribution in [0.25, 0.3) is 5.82 Å². The van der Waals surface area contributed by atoms with E-state index in [1.54, 1.807) is 28.9 Å². The van der Waals surface area contributed by atoms with E-state index in [0.29, 0.717) is 23.4 Å². The number of aromatic nitrogens is 4. The second-order valence-corrected chi connectivity index (χ2v) is 8.65. The molecule has 8 nitrogen and oxygen atoms in total. The molecule has 11 heteroatoms. The number of rotatable bonds is 6. The van der Waals surface area contributed by atoms with E-state index in [-0.39, 0.29) is 5.69 Å². The fraction of sp³-hybridized carbons (Fsp3) is 0.0952. The van der Waals surface area contributed by atoms with Crippen molar-refractivity contribution in [2.24, 2.45) is 0 Å². The van der Waals surface area contributed by atoms with Gasteiger partial charge in [0.2, 0.25) is 0 Å². The Bertz CT molecular complexity index is 1370. The fourth-order valence-electron chi connectivity index (χ4n) is 3.04. The zero-order valence-electron chi connectivity index (χ0n) is 17.0. The van der Waals surface area contributed by atoms with Crippen molar-refractivity contribution in [1.82, 2.24) is 20.0 Å². The van der Waals surface area contributed by atoms with Crippen LogP contribution in [0.2, 0.25) is 0 Å². The molecule has 2 heterocycles. The molecule has 0 saturated carbocycles. The molecule has 0 radical (unpaired) electrons. The van der Waals surface area contributed by atoms with E-state index in [1.165, 1.54) is 12.1 Å². The van der Waals surface area contributed by atoms with Gasteiger partial charge < -0.3 is 5.32 Å². The average molecular weight is 456 g/mol. The Hall–Kier alpha value is -3.86. The van der Waals surface area contributed by atoms with Crippen molar-refractivity contribution in [3.05, 3.63) is 83.7 Å². The van der Waals surface area contributed by atoms with Gasteiger partial charge in [0.05, 0.1) is 5.69 Å². The monoisotopic (exact) mass is 456 g/mol. The summed E-state index contributed by atoms with van der Waals surface area (Å²) >= 11 is 0. The second-order valence-electron chi connectivity index (χ2n) is 7.00. The third-order valence-electron chi connectivity index (χ3n) is 4.47. The molecule has 0 aliphatic carbocycles. The lowest BCUT2D eigenvalue weighted by atomic mass is 10.3. The van der Waals surface area contributed by atoms with E-state index in [9.17, 15) is 17.2 Å². The van der Waals surface area contributed by atoms with Gasteiger partial charge in [-0.05, 0) is 68.4 Å². The van der Waals surface area contributed by atoms with Crippen molar-refractivity contribution in [3.63, 3.8) is 0 Å². The van der Waals surface area contributed by atoms with E-state index >= 15 is 0 Å². The van der Waals surface area contributed by atoms with Crippen LogP contribution in [0.1, 0.15) is 11.4 Å². The van der Waals surface area contributed by atoms with Crippen LogP contribution in [0.15, 0.2) is 65.6 Å². The quantitative estimate of drug-likeness (QED) is 0.453. The van der Waals surface area contributed by atoms with Crippen molar-refractivity contribution in [1.29, 1.82) is 0 Å². The zero-order chi connectivity index (χ0) is 22.9. The summed E-state index contributed by atoms with van der Waals surface area (Å²) in [5.41, 5.74) is 2.67. The van der Waals surface area contributed by atoms with Gasteiger partial charge in [-0.1, -0.05) is 0 Å². The lowest BCUT2D eigenvalue weighted by Gasteiger charge is -2.10. The summed E-state index contributed by atoms with van der Waals surface area (Å²) in [6.07, 6.45) is 0. The van der Waals surface area contributed by atoms with Gasteiger partial charge in [-0.2, -0.15) is 5.10 Å². The Balaban J connectivity index is 1.45. The lowest BCUT2D eigenvalue weighted by molar-refractivity contribution is 0.551. The summed E-state index contributed by atoms with van der Waals surface area (Å²) in [5.74, 6) is -0.961. The Labute approximate surface area is 183 Å². The molecule has 0 amide bonds. The van der Waals surface area contributed by atoms with Crippen LogP contribution in [0, 0.1) is 25.5 Å². The van der Waals surface area contributed by atoms with Crippen LogP contribution in [-0.4, -0.2) is 28.4 Å². The minimum absolute atomic E-state index is 0.213. The van der Waals surface area contributed by atoms with Gasteiger partial charge in [-0.3, -0.25) is 4.72 Å². The summed E-state index contributed by atoms with van der Waals surface area (Å²) in [6, 6.07) is 14.0. The van der Waals surface area contributed by atoms with Crippen molar-refractivity contribution >= 4 is 27.2 Å². The molecule has 2 aromatic heterocycles. The molecule has 4 rings (SSSR count). The van der Waals surface area contributed by atoms with Crippen molar-refractivity contribution in [2.45, 2.75) is 18.7 Å². The van der Waals surface area contributed by atoms with Crippen molar-refractivity contribution < 1.29 is 17.2 Å². The zero-order valence-corrected chi connectivity index (χ0v) is 17.9. The molecule has 0 aliphatic heterocycles. The predicted molar refractivity (Wildman–Crippen MR) is 116 cm³/mol. The normalized spacial score (nSPS) is 11.4. The first-order valence-corrected chi connectivity index (χ1v) is 10.9. The molecule has 2 aromatic carbocycles. The molecular formula is C21H18F2N6O2S. The highest BCUT2D eigenvalue weighted by atomic mass is 32.2.